The molecule has 14 heteroatoms. The molecule has 4 N–H and O–H groups in total. The van der Waals surface area contributed by atoms with Gasteiger partial charge in [-0.25, -0.2) is 0 Å². The molecule has 0 bridgehead atoms. The number of rotatable bonds is 8. The van der Waals surface area contributed by atoms with Crippen LogP contribution in [0.4, 0.5) is 0 Å². The first kappa shape index (κ1) is 38.9. The third-order valence-electron chi connectivity index (χ3n) is 10.2. The number of hydrogen-bond donors (Lipinski definition) is 2. The summed E-state index contributed by atoms with van der Waals surface area (Å²) in [7, 11) is 0. The van der Waals surface area contributed by atoms with Crippen molar-refractivity contribution in [1.82, 2.24) is 20.4 Å². The Kier molecular flexibility index (Phi) is 12.4. The highest BCUT2D eigenvalue weighted by atomic mass is 35.5. The fraction of sp³-hybridized carbons (Fsp3) is 0.350. The summed E-state index contributed by atoms with van der Waals surface area (Å²) in [6.45, 7) is 0. The Morgan fingerprint density at radius 3 is 1.22 bits per heavy atom. The number of thiophene rings is 2. The molecular formula is C40H38Cl4N6O2S2. The van der Waals surface area contributed by atoms with Crippen LogP contribution >= 0.6 is 69.1 Å². The Morgan fingerprint density at radius 1 is 0.537 bits per heavy atom. The van der Waals surface area contributed by atoms with E-state index in [-0.39, 0.29) is 11.4 Å². The molecule has 0 atom stereocenters. The summed E-state index contributed by atoms with van der Waals surface area (Å²) in [5.41, 5.74) is 15.2. The molecule has 0 unspecified atom stereocenters. The number of carbonyl (C=O) groups excluding carboxylic acids is 2. The van der Waals surface area contributed by atoms with E-state index in [1.54, 1.807) is 12.1 Å². The van der Waals surface area contributed by atoms with Gasteiger partial charge in [0.1, 0.15) is 0 Å². The molecule has 2 aromatic carbocycles. The molecule has 280 valence electrons. The van der Waals surface area contributed by atoms with Crippen molar-refractivity contribution in [2.45, 2.75) is 77.0 Å². The summed E-state index contributed by atoms with van der Waals surface area (Å²) in [5.74, 6) is 0.128. The van der Waals surface area contributed by atoms with Gasteiger partial charge in [0.2, 0.25) is 0 Å². The Hall–Kier alpha value is -3.38. The number of fused-ring (bicyclic) bond motifs is 2. The quantitative estimate of drug-likeness (QED) is 0.156. The zero-order valence-electron chi connectivity index (χ0n) is 29.3. The number of hydrogen-bond acceptors (Lipinski definition) is 8. The number of benzene rings is 2. The third-order valence-corrected chi connectivity index (χ3v) is 13.5. The average molecular weight is 841 g/mol. The van der Waals surface area contributed by atoms with Crippen LogP contribution in [0, 0.1) is 11.8 Å². The average Bonchev–Trinajstić information content (AvgIpc) is 3.79. The Morgan fingerprint density at radius 2 is 0.889 bits per heavy atom. The predicted octanol–water partition coefficient (Wildman–Crippen LogP) is 11.8. The first-order chi connectivity index (χ1) is 26.0. The van der Waals surface area contributed by atoms with Crippen molar-refractivity contribution in [3.63, 3.8) is 0 Å². The minimum Gasteiger partial charge on any atom is -0.364 e. The summed E-state index contributed by atoms with van der Waals surface area (Å²) in [6.07, 6.45) is 14.4. The molecule has 6 aromatic rings. The van der Waals surface area contributed by atoms with Crippen LogP contribution in [0.1, 0.15) is 96.6 Å². The van der Waals surface area contributed by atoms with E-state index in [9.17, 15) is 9.59 Å². The maximum absolute atomic E-state index is 11.9. The number of aromatic nitrogens is 4. The molecule has 8 rings (SSSR count). The molecule has 0 spiro atoms. The lowest BCUT2D eigenvalue weighted by Crippen LogP contribution is -2.16. The number of carbonyl (C=O) groups is 2. The standard InChI is InChI=1S/2C20H19Cl2N3OS/c2*21-13-7-12(8-14(22)9-13)17-10-15-16(6-11-4-2-1-3-5-11)24-25-18(20(23)26)19(15)27-17/h2*7-11H,1-6H2,(H2,23,26). The molecule has 2 amide bonds. The number of halogens is 4. The monoisotopic (exact) mass is 838 g/mol. The van der Waals surface area contributed by atoms with Gasteiger partial charge in [-0.2, -0.15) is 10.2 Å². The molecule has 2 fully saturated rings. The Labute approximate surface area is 341 Å². The highest BCUT2D eigenvalue weighted by Crippen LogP contribution is 2.41. The second-order valence-electron chi connectivity index (χ2n) is 14.2. The molecular weight excluding hydrogens is 802 g/mol. The zero-order chi connectivity index (χ0) is 37.9. The second-order valence-corrected chi connectivity index (χ2v) is 18.0. The molecule has 0 saturated heterocycles. The van der Waals surface area contributed by atoms with E-state index >= 15 is 0 Å². The van der Waals surface area contributed by atoms with Gasteiger partial charge in [0, 0.05) is 40.6 Å². The van der Waals surface area contributed by atoms with Gasteiger partial charge < -0.3 is 11.5 Å². The molecule has 4 heterocycles. The van der Waals surface area contributed by atoms with Crippen molar-refractivity contribution in [3.05, 3.63) is 91.4 Å². The summed E-state index contributed by atoms with van der Waals surface area (Å²) in [4.78, 5) is 25.6. The van der Waals surface area contributed by atoms with Crippen molar-refractivity contribution in [2.24, 2.45) is 23.3 Å². The third kappa shape index (κ3) is 9.01. The highest BCUT2D eigenvalue weighted by Gasteiger charge is 2.23. The van der Waals surface area contributed by atoms with E-state index in [0.717, 1.165) is 65.3 Å². The predicted molar refractivity (Wildman–Crippen MR) is 223 cm³/mol. The second kappa shape index (κ2) is 17.2. The molecule has 0 aliphatic heterocycles. The van der Waals surface area contributed by atoms with Gasteiger partial charge >= 0.3 is 0 Å². The summed E-state index contributed by atoms with van der Waals surface area (Å²) in [6, 6.07) is 15.0. The van der Waals surface area contributed by atoms with Gasteiger partial charge in [-0.1, -0.05) is 111 Å². The number of nitrogens with zero attached hydrogens (tertiary/aromatic N) is 4. The van der Waals surface area contributed by atoms with Gasteiger partial charge in [0.25, 0.3) is 11.8 Å². The van der Waals surface area contributed by atoms with Crippen molar-refractivity contribution in [3.8, 4) is 20.9 Å². The van der Waals surface area contributed by atoms with Crippen LogP contribution in [0.25, 0.3) is 41.1 Å². The molecule has 2 aliphatic rings. The normalized spacial score (nSPS) is 15.3. The fourth-order valence-corrected chi connectivity index (χ4v) is 11.0. The van der Waals surface area contributed by atoms with Crippen molar-refractivity contribution in [1.29, 1.82) is 0 Å². The molecule has 2 saturated carbocycles. The minimum atomic E-state index is -0.561. The van der Waals surface area contributed by atoms with Gasteiger partial charge in [-0.3, -0.25) is 9.59 Å². The van der Waals surface area contributed by atoms with Crippen LogP contribution in [0.5, 0.6) is 0 Å². The first-order valence-corrected chi connectivity index (χ1v) is 21.3. The first-order valence-electron chi connectivity index (χ1n) is 18.1. The van der Waals surface area contributed by atoms with Crippen LogP contribution in [-0.4, -0.2) is 32.2 Å². The van der Waals surface area contributed by atoms with E-state index in [2.05, 4.69) is 32.5 Å². The lowest BCUT2D eigenvalue weighted by atomic mass is 9.85. The molecule has 8 nitrogen and oxygen atoms in total. The van der Waals surface area contributed by atoms with E-state index in [1.807, 2.05) is 24.3 Å². The van der Waals surface area contributed by atoms with Crippen molar-refractivity contribution >= 4 is 101 Å². The van der Waals surface area contributed by atoms with Crippen LogP contribution in [-0.2, 0) is 12.8 Å². The molecule has 0 radical (unpaired) electrons. The van der Waals surface area contributed by atoms with E-state index in [0.29, 0.717) is 31.9 Å². The maximum Gasteiger partial charge on any atom is 0.270 e. The topological polar surface area (TPSA) is 138 Å². The van der Waals surface area contributed by atoms with Crippen molar-refractivity contribution in [2.75, 3.05) is 0 Å². The van der Waals surface area contributed by atoms with Crippen LogP contribution in [0.3, 0.4) is 0 Å². The van der Waals surface area contributed by atoms with Gasteiger partial charge in [0.15, 0.2) is 11.4 Å². The van der Waals surface area contributed by atoms with Crippen LogP contribution in [0.15, 0.2) is 48.5 Å². The Balaban J connectivity index is 0.000000167. The van der Waals surface area contributed by atoms with Gasteiger partial charge in [-0.05, 0) is 84.3 Å². The van der Waals surface area contributed by atoms with Gasteiger partial charge in [0.05, 0.1) is 20.8 Å². The van der Waals surface area contributed by atoms with Crippen molar-refractivity contribution < 1.29 is 9.59 Å². The van der Waals surface area contributed by atoms with Crippen LogP contribution in [0.2, 0.25) is 20.1 Å². The minimum absolute atomic E-state index is 0.224. The number of amides is 2. The highest BCUT2D eigenvalue weighted by molar-refractivity contribution is 7.23. The smallest absolute Gasteiger partial charge is 0.270 e. The van der Waals surface area contributed by atoms with E-state index in [1.165, 1.54) is 86.9 Å². The summed E-state index contributed by atoms with van der Waals surface area (Å²) >= 11 is 27.6. The summed E-state index contributed by atoms with van der Waals surface area (Å²) < 4.78 is 1.57. The number of nitrogens with two attached hydrogens (primary N) is 2. The largest absolute Gasteiger partial charge is 0.364 e. The van der Waals surface area contributed by atoms with E-state index < -0.39 is 11.8 Å². The molecule has 4 aromatic heterocycles. The van der Waals surface area contributed by atoms with E-state index in [4.69, 9.17) is 57.9 Å². The van der Waals surface area contributed by atoms with Crippen LogP contribution < -0.4 is 11.5 Å². The number of primary amides is 2. The fourth-order valence-electron chi connectivity index (χ4n) is 7.61. The molecule has 54 heavy (non-hydrogen) atoms. The SMILES string of the molecule is NC(=O)c1nnc(CC2CCCCC2)c2cc(-c3cc(Cl)cc(Cl)c3)sc12.NC(=O)c1nnc(CC2CCCCC2)c2cc(-c3cc(Cl)cc(Cl)c3)sc12. The van der Waals surface area contributed by atoms with Gasteiger partial charge in [-0.15, -0.1) is 32.9 Å². The zero-order valence-corrected chi connectivity index (χ0v) is 34.0. The maximum atomic E-state index is 11.9. The summed E-state index contributed by atoms with van der Waals surface area (Å²) in [5, 5.41) is 21.2. The Bertz CT molecular complexity index is 2150. The lowest BCUT2D eigenvalue weighted by molar-refractivity contribution is 0.0988. The molecule has 2 aliphatic carbocycles. The lowest BCUT2D eigenvalue weighted by Gasteiger charge is -2.21.